The number of rotatable bonds is 10. The molecule has 0 heterocycles. The van der Waals surface area contributed by atoms with Crippen molar-refractivity contribution in [1.82, 2.24) is 16.0 Å². The number of carboxylic acid groups (broad SMARTS) is 1. The molecule has 3 amide bonds. The summed E-state index contributed by atoms with van der Waals surface area (Å²) < 4.78 is 5.29. The fourth-order valence-electron chi connectivity index (χ4n) is 4.36. The van der Waals surface area contributed by atoms with Crippen LogP contribution in [-0.2, 0) is 19.1 Å². The van der Waals surface area contributed by atoms with Gasteiger partial charge in [0.1, 0.15) is 23.2 Å². The number of carboxylic acids is 1. The van der Waals surface area contributed by atoms with E-state index in [2.05, 4.69) is 16.0 Å². The summed E-state index contributed by atoms with van der Waals surface area (Å²) in [6, 6.07) is -1.81. The lowest BCUT2D eigenvalue weighted by atomic mass is 9.76. The maximum Gasteiger partial charge on any atom is 0.408 e. The van der Waals surface area contributed by atoms with Gasteiger partial charge in [-0.1, -0.05) is 47.5 Å². The average molecular weight is 484 g/mol. The fraction of sp³-hybridized carbons (Fsp3) is 0.840. The van der Waals surface area contributed by atoms with E-state index in [0.29, 0.717) is 32.1 Å². The molecule has 0 spiro atoms. The van der Waals surface area contributed by atoms with Crippen LogP contribution in [0.5, 0.6) is 0 Å². The van der Waals surface area contributed by atoms with E-state index in [1.54, 1.807) is 20.8 Å². The lowest BCUT2D eigenvalue weighted by molar-refractivity contribution is -0.150. The van der Waals surface area contributed by atoms with E-state index < -0.39 is 47.1 Å². The van der Waals surface area contributed by atoms with E-state index in [0.717, 1.165) is 6.42 Å². The first kappa shape index (κ1) is 29.7. The zero-order valence-corrected chi connectivity index (χ0v) is 22.1. The summed E-state index contributed by atoms with van der Waals surface area (Å²) in [7, 11) is 0. The van der Waals surface area contributed by atoms with Crippen LogP contribution in [0.15, 0.2) is 0 Å². The van der Waals surface area contributed by atoms with E-state index in [-0.39, 0.29) is 17.8 Å². The molecule has 9 heteroatoms. The van der Waals surface area contributed by atoms with Gasteiger partial charge < -0.3 is 25.8 Å². The number of ether oxygens (including phenoxy) is 1. The first-order valence-electron chi connectivity index (χ1n) is 12.4. The van der Waals surface area contributed by atoms with E-state index in [9.17, 15) is 24.3 Å². The van der Waals surface area contributed by atoms with Gasteiger partial charge in [-0.25, -0.2) is 9.59 Å². The van der Waals surface area contributed by atoms with Crippen molar-refractivity contribution in [3.05, 3.63) is 0 Å². The van der Waals surface area contributed by atoms with Crippen LogP contribution in [0.2, 0.25) is 0 Å². The molecule has 4 atom stereocenters. The van der Waals surface area contributed by atoms with Crippen LogP contribution in [0.1, 0.15) is 93.9 Å². The maximum absolute atomic E-state index is 13.3. The third-order valence-electron chi connectivity index (χ3n) is 5.82. The van der Waals surface area contributed by atoms with Gasteiger partial charge in [0.15, 0.2) is 0 Å². The second kappa shape index (κ2) is 12.4. The number of nitrogens with one attached hydrogen (secondary N) is 3. The molecule has 0 unspecified atom stereocenters. The predicted octanol–water partition coefficient (Wildman–Crippen LogP) is 3.61. The van der Waals surface area contributed by atoms with Crippen LogP contribution in [0.3, 0.4) is 0 Å². The second-order valence-electron chi connectivity index (χ2n) is 11.6. The summed E-state index contributed by atoms with van der Waals surface area (Å²) in [4.78, 5) is 50.8. The first-order valence-corrected chi connectivity index (χ1v) is 12.4. The molecule has 0 aromatic carbocycles. The minimum atomic E-state index is -1.33. The zero-order chi connectivity index (χ0) is 26.3. The quantitative estimate of drug-likeness (QED) is 0.375. The van der Waals surface area contributed by atoms with Crippen molar-refractivity contribution in [2.45, 2.75) is 117 Å². The molecule has 0 aromatic rings. The van der Waals surface area contributed by atoms with Crippen LogP contribution in [-0.4, -0.2) is 52.2 Å². The third-order valence-corrected chi connectivity index (χ3v) is 5.82. The second-order valence-corrected chi connectivity index (χ2v) is 11.6. The highest BCUT2D eigenvalue weighted by atomic mass is 16.6. The zero-order valence-electron chi connectivity index (χ0n) is 22.1. The number of hydrogen-bond acceptors (Lipinski definition) is 5. The molecular weight excluding hydrogens is 438 g/mol. The van der Waals surface area contributed by atoms with Gasteiger partial charge in [-0.3, -0.25) is 9.59 Å². The standard InChI is InChI=1S/C25H45N3O6/c1-15(2)12-18(27-23(33)34-24(6,7)8)20(29)26-19(13-16(3)4)21(30)28-25(22(31)32)11-9-10-17(5)14-25/h15-19H,9-14H2,1-8H3,(H,26,29)(H,27,33)(H,28,30)(H,31,32)/t17-,18+,19+,25-/m1/s1. The van der Waals surface area contributed by atoms with E-state index in [1.807, 2.05) is 34.6 Å². The molecule has 1 rings (SSSR count). The Bertz CT molecular complexity index is 731. The minimum Gasteiger partial charge on any atom is -0.480 e. The van der Waals surface area contributed by atoms with E-state index in [1.165, 1.54) is 0 Å². The Balaban J connectivity index is 3.04. The highest BCUT2D eigenvalue weighted by molar-refractivity contribution is 5.94. The third kappa shape index (κ3) is 9.89. The molecule has 0 radical (unpaired) electrons. The van der Waals surface area contributed by atoms with Crippen LogP contribution < -0.4 is 16.0 Å². The number of carbonyl (C=O) groups excluding carboxylic acids is 3. The molecule has 0 saturated heterocycles. The van der Waals surface area contributed by atoms with Crippen molar-refractivity contribution in [2.75, 3.05) is 0 Å². The Morgan fingerprint density at radius 3 is 1.94 bits per heavy atom. The summed E-state index contributed by atoms with van der Waals surface area (Å²) in [6.45, 7) is 14.9. The molecule has 1 fully saturated rings. The van der Waals surface area contributed by atoms with Gasteiger partial charge in [0.25, 0.3) is 0 Å². The number of aliphatic carboxylic acids is 1. The molecule has 9 nitrogen and oxygen atoms in total. The van der Waals surface area contributed by atoms with Gasteiger partial charge in [0, 0.05) is 0 Å². The number of amides is 3. The molecule has 4 N–H and O–H groups in total. The Morgan fingerprint density at radius 2 is 1.50 bits per heavy atom. The van der Waals surface area contributed by atoms with E-state index >= 15 is 0 Å². The molecule has 1 aliphatic rings. The monoisotopic (exact) mass is 483 g/mol. The summed E-state index contributed by atoms with van der Waals surface area (Å²) in [5.41, 5.74) is -2.05. The fourth-order valence-corrected chi connectivity index (χ4v) is 4.36. The van der Waals surface area contributed by atoms with Crippen molar-refractivity contribution >= 4 is 23.9 Å². The van der Waals surface area contributed by atoms with Crippen LogP contribution in [0, 0.1) is 17.8 Å². The van der Waals surface area contributed by atoms with E-state index in [4.69, 9.17) is 4.74 Å². The molecule has 1 aliphatic carbocycles. The topological polar surface area (TPSA) is 134 Å². The Morgan fingerprint density at radius 1 is 0.971 bits per heavy atom. The van der Waals surface area contributed by atoms with Crippen molar-refractivity contribution < 1.29 is 29.0 Å². The average Bonchev–Trinajstić information content (AvgIpc) is 2.64. The molecule has 0 aromatic heterocycles. The molecule has 34 heavy (non-hydrogen) atoms. The van der Waals surface area contributed by atoms with Gasteiger partial charge in [-0.05, 0) is 64.2 Å². The van der Waals surface area contributed by atoms with Crippen LogP contribution in [0.25, 0.3) is 0 Å². The summed E-state index contributed by atoms with van der Waals surface area (Å²) in [5.74, 6) is -1.71. The lowest BCUT2D eigenvalue weighted by Crippen LogP contribution is -2.62. The number of alkyl carbamates (subject to hydrolysis) is 1. The van der Waals surface area contributed by atoms with Crippen molar-refractivity contribution in [2.24, 2.45) is 17.8 Å². The summed E-state index contributed by atoms with van der Waals surface area (Å²) >= 11 is 0. The number of hydrogen-bond donors (Lipinski definition) is 4. The van der Waals surface area contributed by atoms with Gasteiger partial charge in [-0.2, -0.15) is 0 Å². The highest BCUT2D eigenvalue weighted by Crippen LogP contribution is 2.32. The summed E-state index contributed by atoms with van der Waals surface area (Å²) in [5, 5.41) is 18.1. The molecular formula is C25H45N3O6. The Labute approximate surface area is 204 Å². The Hall–Kier alpha value is -2.32. The molecule has 1 saturated carbocycles. The normalized spacial score (nSPS) is 22.6. The minimum absolute atomic E-state index is 0.0736. The van der Waals surface area contributed by atoms with Crippen molar-refractivity contribution in [3.8, 4) is 0 Å². The molecule has 0 bridgehead atoms. The highest BCUT2D eigenvalue weighted by Gasteiger charge is 2.44. The van der Waals surface area contributed by atoms with Gasteiger partial charge in [-0.15, -0.1) is 0 Å². The Kier molecular flexibility index (Phi) is 10.8. The van der Waals surface area contributed by atoms with Gasteiger partial charge >= 0.3 is 12.1 Å². The number of carbonyl (C=O) groups is 4. The predicted molar refractivity (Wildman–Crippen MR) is 130 cm³/mol. The molecule has 196 valence electrons. The maximum atomic E-state index is 13.3. The van der Waals surface area contributed by atoms with Crippen LogP contribution in [0.4, 0.5) is 4.79 Å². The molecule has 0 aliphatic heterocycles. The smallest absolute Gasteiger partial charge is 0.408 e. The lowest BCUT2D eigenvalue weighted by Gasteiger charge is -2.38. The van der Waals surface area contributed by atoms with Crippen LogP contribution >= 0.6 is 0 Å². The van der Waals surface area contributed by atoms with Gasteiger partial charge in [0.05, 0.1) is 0 Å². The largest absolute Gasteiger partial charge is 0.480 e. The van der Waals surface area contributed by atoms with Crippen molar-refractivity contribution in [3.63, 3.8) is 0 Å². The van der Waals surface area contributed by atoms with Crippen molar-refractivity contribution in [1.29, 1.82) is 0 Å². The SMILES string of the molecule is CC(C)C[C@H](NC(=O)OC(C)(C)C)C(=O)N[C@@H](CC(C)C)C(=O)N[C@]1(C(=O)O)CCC[C@@H](C)C1. The first-order chi connectivity index (χ1) is 15.5. The van der Waals surface area contributed by atoms with Gasteiger partial charge in [0.2, 0.25) is 11.8 Å². The summed E-state index contributed by atoms with van der Waals surface area (Å²) in [6.07, 6.45) is 2.33.